The molecule has 0 spiro atoms. The van der Waals surface area contributed by atoms with Gasteiger partial charge in [-0.1, -0.05) is 30.3 Å². The number of hydrogen-bond acceptors (Lipinski definition) is 5. The first kappa shape index (κ1) is 19.6. The van der Waals surface area contributed by atoms with Gasteiger partial charge in [-0.2, -0.15) is 0 Å². The number of rotatable bonds is 7. The molecule has 2 aromatic carbocycles. The molecular formula is C23H25N3O2S. The first-order chi connectivity index (χ1) is 14.1. The van der Waals surface area contributed by atoms with Crippen LogP contribution in [0.15, 0.2) is 53.3 Å². The van der Waals surface area contributed by atoms with Crippen molar-refractivity contribution >= 4 is 31.8 Å². The molecule has 150 valence electrons. The summed E-state index contributed by atoms with van der Waals surface area (Å²) in [5, 5.41) is 1.11. The Morgan fingerprint density at radius 3 is 2.59 bits per heavy atom. The summed E-state index contributed by atoms with van der Waals surface area (Å²) >= 11 is 1.65. The predicted molar refractivity (Wildman–Crippen MR) is 120 cm³/mol. The molecule has 0 amide bonds. The third-order valence-corrected chi connectivity index (χ3v) is 6.12. The monoisotopic (exact) mass is 407 g/mol. The van der Waals surface area contributed by atoms with Crippen LogP contribution in [0.25, 0.3) is 20.4 Å². The molecule has 0 aliphatic carbocycles. The molecule has 6 heteroatoms. The van der Waals surface area contributed by atoms with Gasteiger partial charge in [0.2, 0.25) is 0 Å². The van der Waals surface area contributed by atoms with Crippen molar-refractivity contribution in [2.75, 3.05) is 27.7 Å². The molecule has 2 heterocycles. The molecule has 0 saturated carbocycles. The van der Waals surface area contributed by atoms with Crippen LogP contribution >= 0.6 is 11.3 Å². The van der Waals surface area contributed by atoms with E-state index in [4.69, 9.17) is 9.72 Å². The summed E-state index contributed by atoms with van der Waals surface area (Å²) < 4.78 is 8.33. The van der Waals surface area contributed by atoms with Crippen molar-refractivity contribution in [2.45, 2.75) is 19.4 Å². The number of nitrogens with zero attached hydrogens (tertiary/aromatic N) is 3. The lowest BCUT2D eigenvalue weighted by molar-refractivity contribution is 0.386. The lowest BCUT2D eigenvalue weighted by atomic mass is 10.1. The molecular weight excluding hydrogens is 382 g/mol. The van der Waals surface area contributed by atoms with Crippen LogP contribution < -0.4 is 10.3 Å². The average Bonchev–Trinajstić information content (AvgIpc) is 3.09. The van der Waals surface area contributed by atoms with Crippen LogP contribution in [0.2, 0.25) is 0 Å². The highest BCUT2D eigenvalue weighted by molar-refractivity contribution is 7.25. The van der Waals surface area contributed by atoms with Crippen molar-refractivity contribution in [1.82, 2.24) is 14.5 Å². The molecule has 0 unspecified atom stereocenters. The number of aryl methyl sites for hydroxylation is 1. The maximum atomic E-state index is 13.4. The van der Waals surface area contributed by atoms with Crippen molar-refractivity contribution in [3.8, 4) is 5.75 Å². The third kappa shape index (κ3) is 4.04. The Hall–Kier alpha value is -2.70. The van der Waals surface area contributed by atoms with Gasteiger partial charge < -0.3 is 14.2 Å². The van der Waals surface area contributed by atoms with Gasteiger partial charge in [0.1, 0.15) is 16.3 Å². The SMILES string of the molecule is COc1ccc(Cc2nc3sc4ccccc4c3n(CCCN(C)C)c2=O)cc1. The van der Waals surface area contributed by atoms with Crippen LogP contribution in [-0.4, -0.2) is 42.2 Å². The van der Waals surface area contributed by atoms with Crippen molar-refractivity contribution in [1.29, 1.82) is 0 Å². The zero-order valence-corrected chi connectivity index (χ0v) is 17.8. The van der Waals surface area contributed by atoms with Crippen molar-refractivity contribution in [2.24, 2.45) is 0 Å². The Bertz CT molecular complexity index is 1190. The minimum Gasteiger partial charge on any atom is -0.497 e. The molecule has 0 radical (unpaired) electrons. The third-order valence-electron chi connectivity index (χ3n) is 5.07. The predicted octanol–water partition coefficient (Wildman–Crippen LogP) is 4.16. The average molecular weight is 408 g/mol. The van der Waals surface area contributed by atoms with Crippen LogP contribution in [0, 0.1) is 0 Å². The molecule has 2 aromatic heterocycles. The van der Waals surface area contributed by atoms with Gasteiger partial charge >= 0.3 is 0 Å². The van der Waals surface area contributed by atoms with Gasteiger partial charge in [-0.25, -0.2) is 4.98 Å². The van der Waals surface area contributed by atoms with E-state index in [1.807, 2.05) is 41.0 Å². The van der Waals surface area contributed by atoms with Crippen LogP contribution in [0.4, 0.5) is 0 Å². The van der Waals surface area contributed by atoms with E-state index in [0.717, 1.165) is 44.7 Å². The molecule has 4 rings (SSSR count). The van der Waals surface area contributed by atoms with Gasteiger partial charge in [0.05, 0.1) is 12.6 Å². The number of ether oxygens (including phenoxy) is 1. The normalized spacial score (nSPS) is 11.6. The molecule has 5 nitrogen and oxygen atoms in total. The molecule has 29 heavy (non-hydrogen) atoms. The molecule has 0 aliphatic heterocycles. The first-order valence-corrected chi connectivity index (χ1v) is 10.6. The smallest absolute Gasteiger partial charge is 0.273 e. The number of thiophene rings is 1. The molecule has 0 bridgehead atoms. The Labute approximate surface area is 174 Å². The summed E-state index contributed by atoms with van der Waals surface area (Å²) in [6.45, 7) is 1.62. The van der Waals surface area contributed by atoms with E-state index in [-0.39, 0.29) is 5.56 Å². The van der Waals surface area contributed by atoms with Crippen LogP contribution in [0.3, 0.4) is 0 Å². The Morgan fingerprint density at radius 2 is 1.86 bits per heavy atom. The maximum Gasteiger partial charge on any atom is 0.273 e. The first-order valence-electron chi connectivity index (χ1n) is 9.75. The van der Waals surface area contributed by atoms with E-state index in [2.05, 4.69) is 31.1 Å². The van der Waals surface area contributed by atoms with Gasteiger partial charge in [-0.3, -0.25) is 4.79 Å². The molecule has 4 aromatic rings. The summed E-state index contributed by atoms with van der Waals surface area (Å²) in [5.41, 5.74) is 2.62. The fourth-order valence-electron chi connectivity index (χ4n) is 3.59. The number of methoxy groups -OCH3 is 1. The van der Waals surface area contributed by atoms with Crippen LogP contribution in [-0.2, 0) is 13.0 Å². The summed E-state index contributed by atoms with van der Waals surface area (Å²) in [6, 6.07) is 16.1. The number of hydrogen-bond donors (Lipinski definition) is 0. The number of benzene rings is 2. The van der Waals surface area contributed by atoms with Gasteiger partial charge in [-0.05, 0) is 50.8 Å². The molecule has 0 saturated heterocycles. The van der Waals surface area contributed by atoms with Gasteiger partial charge in [0.25, 0.3) is 5.56 Å². The Morgan fingerprint density at radius 1 is 1.10 bits per heavy atom. The van der Waals surface area contributed by atoms with Crippen LogP contribution in [0.1, 0.15) is 17.7 Å². The minimum absolute atomic E-state index is 0.00984. The molecule has 0 atom stereocenters. The molecule has 0 fully saturated rings. The second-order valence-corrected chi connectivity index (χ2v) is 8.48. The van der Waals surface area contributed by atoms with Gasteiger partial charge in [0, 0.05) is 23.1 Å². The largest absolute Gasteiger partial charge is 0.497 e. The quantitative estimate of drug-likeness (QED) is 0.461. The highest BCUT2D eigenvalue weighted by atomic mass is 32.1. The lowest BCUT2D eigenvalue weighted by Crippen LogP contribution is -2.27. The summed E-state index contributed by atoms with van der Waals surface area (Å²) in [6.07, 6.45) is 1.43. The Balaban J connectivity index is 1.81. The van der Waals surface area contributed by atoms with E-state index >= 15 is 0 Å². The Kier molecular flexibility index (Phi) is 5.65. The maximum absolute atomic E-state index is 13.4. The van der Waals surface area contributed by atoms with Gasteiger partial charge in [-0.15, -0.1) is 11.3 Å². The van der Waals surface area contributed by atoms with E-state index < -0.39 is 0 Å². The van der Waals surface area contributed by atoms with Crippen molar-refractivity contribution in [3.63, 3.8) is 0 Å². The summed E-state index contributed by atoms with van der Waals surface area (Å²) in [7, 11) is 5.76. The zero-order chi connectivity index (χ0) is 20.4. The summed E-state index contributed by atoms with van der Waals surface area (Å²) in [5.74, 6) is 0.808. The fraction of sp³-hybridized carbons (Fsp3) is 0.304. The number of fused-ring (bicyclic) bond motifs is 3. The highest BCUT2D eigenvalue weighted by Crippen LogP contribution is 2.32. The van der Waals surface area contributed by atoms with Crippen LogP contribution in [0.5, 0.6) is 5.75 Å². The van der Waals surface area contributed by atoms with E-state index in [9.17, 15) is 4.79 Å². The van der Waals surface area contributed by atoms with E-state index in [1.54, 1.807) is 18.4 Å². The molecule has 0 aliphatic rings. The van der Waals surface area contributed by atoms with Crippen molar-refractivity contribution in [3.05, 3.63) is 70.1 Å². The second-order valence-electron chi connectivity index (χ2n) is 7.45. The van der Waals surface area contributed by atoms with E-state index in [1.165, 1.54) is 0 Å². The minimum atomic E-state index is 0.00984. The highest BCUT2D eigenvalue weighted by Gasteiger charge is 2.16. The number of aromatic nitrogens is 2. The zero-order valence-electron chi connectivity index (χ0n) is 17.0. The topological polar surface area (TPSA) is 47.4 Å². The lowest BCUT2D eigenvalue weighted by Gasteiger charge is -2.13. The second kappa shape index (κ2) is 8.35. The molecule has 0 N–H and O–H groups in total. The summed E-state index contributed by atoms with van der Waals surface area (Å²) in [4.78, 5) is 21.3. The van der Waals surface area contributed by atoms with Crippen molar-refractivity contribution < 1.29 is 4.74 Å². The van der Waals surface area contributed by atoms with E-state index in [0.29, 0.717) is 18.7 Å². The fourth-order valence-corrected chi connectivity index (χ4v) is 4.70. The van der Waals surface area contributed by atoms with Gasteiger partial charge in [0.15, 0.2) is 0 Å². The standard InChI is InChI=1S/C23H25N3O2S/c1-25(2)13-6-14-26-21-18-7-4-5-8-20(18)29-22(21)24-19(23(26)27)15-16-9-11-17(28-3)12-10-16/h4-5,7-12H,6,13-15H2,1-3H3.